The van der Waals surface area contributed by atoms with Crippen LogP contribution in [-0.4, -0.2) is 24.3 Å². The Hall–Kier alpha value is -3.16. The third kappa shape index (κ3) is 4.66. The molecule has 6 nitrogen and oxygen atoms in total. The lowest BCUT2D eigenvalue weighted by molar-refractivity contribution is -0.139. The maximum Gasteiger partial charge on any atom is 0.408 e. The number of amides is 1. The molecule has 0 bridgehead atoms. The third-order valence-corrected chi connectivity index (χ3v) is 3.30. The van der Waals surface area contributed by atoms with Gasteiger partial charge in [-0.2, -0.15) is 0 Å². The molecule has 8 heteroatoms. The van der Waals surface area contributed by atoms with Gasteiger partial charge in [-0.05, 0) is 5.56 Å². The predicted octanol–water partition coefficient (Wildman–Crippen LogP) is 3.03. The molecule has 0 heterocycles. The summed E-state index contributed by atoms with van der Waals surface area (Å²) >= 11 is 0. The summed E-state index contributed by atoms with van der Waals surface area (Å²) in [4.78, 5) is 23.1. The van der Waals surface area contributed by atoms with Crippen LogP contribution in [0, 0.1) is 11.6 Å². The van der Waals surface area contributed by atoms with Gasteiger partial charge in [0.15, 0.2) is 6.04 Å². The Morgan fingerprint density at radius 2 is 1.76 bits per heavy atom. The fourth-order valence-corrected chi connectivity index (χ4v) is 2.09. The number of benzene rings is 2. The van der Waals surface area contributed by atoms with Crippen molar-refractivity contribution in [2.24, 2.45) is 0 Å². The second-order valence-electron chi connectivity index (χ2n) is 4.98. The highest BCUT2D eigenvalue weighted by Gasteiger charge is 2.29. The van der Waals surface area contributed by atoms with E-state index in [4.69, 9.17) is 9.47 Å². The lowest BCUT2D eigenvalue weighted by Crippen LogP contribution is -2.35. The molecular weight excluding hydrogens is 336 g/mol. The normalized spacial score (nSPS) is 11.5. The standard InChI is InChI=1S/C17H15F2NO5/c1-24-11-7-12(18)14(13(19)8-11)15(16(21)22)20-17(23)25-9-10-5-3-2-4-6-10/h2-8,15H,9H2,1H3,(H,20,23)(H,21,22). The number of methoxy groups -OCH3 is 1. The molecule has 2 rings (SSSR count). The van der Waals surface area contributed by atoms with Gasteiger partial charge in [0.05, 0.1) is 12.7 Å². The number of aliphatic carboxylic acids is 1. The highest BCUT2D eigenvalue weighted by Crippen LogP contribution is 2.26. The minimum Gasteiger partial charge on any atom is -0.497 e. The number of carbonyl (C=O) groups excluding carboxylic acids is 1. The number of carboxylic acids is 1. The minimum absolute atomic E-state index is 0.116. The number of hydrogen-bond donors (Lipinski definition) is 2. The Morgan fingerprint density at radius 1 is 1.16 bits per heavy atom. The molecule has 2 aromatic carbocycles. The van der Waals surface area contributed by atoms with Gasteiger partial charge in [0.2, 0.25) is 0 Å². The van der Waals surface area contributed by atoms with Crippen molar-refractivity contribution >= 4 is 12.1 Å². The zero-order valence-corrected chi connectivity index (χ0v) is 13.2. The molecule has 0 radical (unpaired) electrons. The van der Waals surface area contributed by atoms with Gasteiger partial charge >= 0.3 is 12.1 Å². The summed E-state index contributed by atoms with van der Waals surface area (Å²) in [6.07, 6.45) is -1.12. The summed E-state index contributed by atoms with van der Waals surface area (Å²) in [5.41, 5.74) is -0.142. The van der Waals surface area contributed by atoms with Crippen LogP contribution in [0.5, 0.6) is 5.75 Å². The molecule has 0 aliphatic rings. The maximum atomic E-state index is 14.0. The average Bonchev–Trinajstić information content (AvgIpc) is 2.59. The number of carbonyl (C=O) groups is 2. The van der Waals surface area contributed by atoms with Crippen LogP contribution in [0.2, 0.25) is 0 Å². The zero-order valence-electron chi connectivity index (χ0n) is 13.2. The van der Waals surface area contributed by atoms with Crippen LogP contribution < -0.4 is 10.1 Å². The van der Waals surface area contributed by atoms with Crippen molar-refractivity contribution in [1.29, 1.82) is 0 Å². The van der Waals surface area contributed by atoms with Gasteiger partial charge < -0.3 is 19.9 Å². The van der Waals surface area contributed by atoms with Crippen molar-refractivity contribution < 1.29 is 33.0 Å². The molecule has 25 heavy (non-hydrogen) atoms. The largest absolute Gasteiger partial charge is 0.497 e. The van der Waals surface area contributed by atoms with E-state index in [1.54, 1.807) is 30.3 Å². The smallest absolute Gasteiger partial charge is 0.408 e. The molecule has 2 N–H and O–H groups in total. The van der Waals surface area contributed by atoms with Gasteiger partial charge in [-0.1, -0.05) is 30.3 Å². The van der Waals surface area contributed by atoms with Crippen LogP contribution in [0.1, 0.15) is 17.2 Å². The first kappa shape index (κ1) is 18.2. The molecule has 132 valence electrons. The Kier molecular flexibility index (Phi) is 5.89. The number of ether oxygens (including phenoxy) is 2. The summed E-state index contributed by atoms with van der Waals surface area (Å²) in [7, 11) is 1.21. The van der Waals surface area contributed by atoms with Gasteiger partial charge in [0.25, 0.3) is 0 Å². The SMILES string of the molecule is COc1cc(F)c(C(NC(=O)OCc2ccccc2)C(=O)O)c(F)c1. The van der Waals surface area contributed by atoms with E-state index in [0.29, 0.717) is 5.56 Å². The molecule has 0 aliphatic heterocycles. The van der Waals surface area contributed by atoms with Crippen molar-refractivity contribution in [3.8, 4) is 5.75 Å². The van der Waals surface area contributed by atoms with Gasteiger partial charge in [-0.15, -0.1) is 0 Å². The Labute approximate surface area is 142 Å². The van der Waals surface area contributed by atoms with Crippen molar-refractivity contribution in [1.82, 2.24) is 5.32 Å². The zero-order chi connectivity index (χ0) is 18.4. The second-order valence-corrected chi connectivity index (χ2v) is 4.98. The number of halogens is 2. The van der Waals surface area contributed by atoms with Gasteiger partial charge in [-0.3, -0.25) is 0 Å². The fourth-order valence-electron chi connectivity index (χ4n) is 2.09. The van der Waals surface area contributed by atoms with Gasteiger partial charge in [-0.25, -0.2) is 18.4 Å². The van der Waals surface area contributed by atoms with Crippen LogP contribution in [0.25, 0.3) is 0 Å². The molecule has 0 saturated heterocycles. The maximum absolute atomic E-state index is 14.0. The quantitative estimate of drug-likeness (QED) is 0.836. The topological polar surface area (TPSA) is 84.9 Å². The first-order chi connectivity index (χ1) is 11.9. The Balaban J connectivity index is 2.13. The lowest BCUT2D eigenvalue weighted by atomic mass is 10.1. The van der Waals surface area contributed by atoms with Crippen LogP contribution in [0.15, 0.2) is 42.5 Å². The highest BCUT2D eigenvalue weighted by atomic mass is 19.1. The molecule has 0 fully saturated rings. The molecule has 0 aromatic heterocycles. The van der Waals surface area contributed by atoms with E-state index in [1.165, 1.54) is 7.11 Å². The first-order valence-corrected chi connectivity index (χ1v) is 7.15. The van der Waals surface area contributed by atoms with E-state index < -0.39 is 35.3 Å². The van der Waals surface area contributed by atoms with E-state index in [9.17, 15) is 23.5 Å². The Bertz CT molecular complexity index is 744. The van der Waals surface area contributed by atoms with Crippen LogP contribution in [0.3, 0.4) is 0 Å². The molecular formula is C17H15F2NO5. The molecule has 0 aliphatic carbocycles. The monoisotopic (exact) mass is 351 g/mol. The Morgan fingerprint density at radius 3 is 2.28 bits per heavy atom. The molecule has 1 amide bonds. The first-order valence-electron chi connectivity index (χ1n) is 7.15. The average molecular weight is 351 g/mol. The predicted molar refractivity (Wildman–Crippen MR) is 83.0 cm³/mol. The van der Waals surface area contributed by atoms with Gasteiger partial charge in [0.1, 0.15) is 24.0 Å². The molecule has 2 aromatic rings. The number of carboxylic acid groups (broad SMARTS) is 1. The van der Waals surface area contributed by atoms with Crippen molar-refractivity contribution in [2.45, 2.75) is 12.6 Å². The van der Waals surface area contributed by atoms with Crippen LogP contribution in [-0.2, 0) is 16.1 Å². The number of rotatable bonds is 6. The number of nitrogens with one attached hydrogen (secondary N) is 1. The van der Waals surface area contributed by atoms with Crippen molar-refractivity contribution in [3.05, 3.63) is 65.2 Å². The summed E-state index contributed by atoms with van der Waals surface area (Å²) in [6, 6.07) is 8.34. The van der Waals surface area contributed by atoms with Crippen LogP contribution >= 0.6 is 0 Å². The van der Waals surface area contributed by atoms with E-state index in [2.05, 4.69) is 0 Å². The van der Waals surface area contributed by atoms with Gasteiger partial charge in [0, 0.05) is 12.1 Å². The van der Waals surface area contributed by atoms with Crippen LogP contribution in [0.4, 0.5) is 13.6 Å². The molecule has 0 spiro atoms. The highest BCUT2D eigenvalue weighted by molar-refractivity contribution is 5.81. The van der Waals surface area contributed by atoms with E-state index >= 15 is 0 Å². The fraction of sp³-hybridized carbons (Fsp3) is 0.176. The minimum atomic E-state index is -1.95. The molecule has 1 unspecified atom stereocenters. The number of alkyl carbamates (subject to hydrolysis) is 1. The summed E-state index contributed by atoms with van der Waals surface area (Å²) < 4.78 is 37.6. The molecule has 0 saturated carbocycles. The van der Waals surface area contributed by atoms with Crippen molar-refractivity contribution in [3.63, 3.8) is 0 Å². The lowest BCUT2D eigenvalue weighted by Gasteiger charge is -2.17. The summed E-state index contributed by atoms with van der Waals surface area (Å²) in [5.74, 6) is -4.07. The van der Waals surface area contributed by atoms with Crippen molar-refractivity contribution in [2.75, 3.05) is 7.11 Å². The number of hydrogen-bond acceptors (Lipinski definition) is 4. The molecule has 1 atom stereocenters. The van der Waals surface area contributed by atoms with E-state index in [1.807, 2.05) is 5.32 Å². The summed E-state index contributed by atoms with van der Waals surface area (Å²) in [5, 5.41) is 11.1. The summed E-state index contributed by atoms with van der Waals surface area (Å²) in [6.45, 7) is -0.118. The van der Waals surface area contributed by atoms with E-state index in [-0.39, 0.29) is 12.4 Å². The van der Waals surface area contributed by atoms with E-state index in [0.717, 1.165) is 12.1 Å². The third-order valence-electron chi connectivity index (χ3n) is 3.30. The second kappa shape index (κ2) is 8.09.